The Hall–Kier alpha value is -0.120. The standard InChI is InChI=1S/C18H36N2O/c1-16(2)12-19-13-18(8-11-21-15-18)14-20-9-5-6-17(3,4)7-10-20/h16,19H,5-15H2,1-4H3. The van der Waals surface area contributed by atoms with Crippen molar-refractivity contribution in [1.82, 2.24) is 10.2 Å². The Morgan fingerprint density at radius 1 is 1.14 bits per heavy atom. The minimum absolute atomic E-state index is 0.351. The zero-order valence-corrected chi connectivity index (χ0v) is 14.7. The van der Waals surface area contributed by atoms with Crippen molar-refractivity contribution in [2.45, 2.75) is 53.4 Å². The lowest BCUT2D eigenvalue weighted by Gasteiger charge is -2.34. The van der Waals surface area contributed by atoms with E-state index >= 15 is 0 Å². The van der Waals surface area contributed by atoms with Crippen molar-refractivity contribution < 1.29 is 4.74 Å². The van der Waals surface area contributed by atoms with Crippen LogP contribution in [-0.2, 0) is 4.74 Å². The first kappa shape index (κ1) is 17.2. The van der Waals surface area contributed by atoms with Gasteiger partial charge in [-0.2, -0.15) is 0 Å². The van der Waals surface area contributed by atoms with Crippen LogP contribution in [0.5, 0.6) is 0 Å². The summed E-state index contributed by atoms with van der Waals surface area (Å²) in [5.41, 5.74) is 0.882. The second-order valence-corrected chi connectivity index (χ2v) is 8.62. The van der Waals surface area contributed by atoms with E-state index in [0.717, 1.165) is 32.2 Å². The Kier molecular flexibility index (Phi) is 6.10. The molecule has 1 N–H and O–H groups in total. The maximum atomic E-state index is 5.77. The van der Waals surface area contributed by atoms with Crippen molar-refractivity contribution in [2.24, 2.45) is 16.7 Å². The Labute approximate surface area is 131 Å². The smallest absolute Gasteiger partial charge is 0.0547 e. The molecule has 0 aromatic carbocycles. The number of hydrogen-bond acceptors (Lipinski definition) is 3. The van der Waals surface area contributed by atoms with E-state index in [1.165, 1.54) is 45.3 Å². The zero-order chi connectivity index (χ0) is 15.3. The molecule has 0 bridgehead atoms. The van der Waals surface area contributed by atoms with Crippen LogP contribution in [0.4, 0.5) is 0 Å². The Morgan fingerprint density at radius 2 is 1.95 bits per heavy atom. The average molecular weight is 296 g/mol. The molecule has 0 aromatic heterocycles. The topological polar surface area (TPSA) is 24.5 Å². The second-order valence-electron chi connectivity index (χ2n) is 8.62. The van der Waals surface area contributed by atoms with E-state index in [0.29, 0.717) is 10.8 Å². The van der Waals surface area contributed by atoms with Gasteiger partial charge in [0.25, 0.3) is 0 Å². The van der Waals surface area contributed by atoms with Crippen LogP contribution in [0.15, 0.2) is 0 Å². The molecule has 1 atom stereocenters. The quantitative estimate of drug-likeness (QED) is 0.815. The summed E-state index contributed by atoms with van der Waals surface area (Å²) in [5, 5.41) is 3.68. The number of rotatable bonds is 6. The van der Waals surface area contributed by atoms with E-state index < -0.39 is 0 Å². The highest BCUT2D eigenvalue weighted by atomic mass is 16.5. The van der Waals surface area contributed by atoms with Crippen molar-refractivity contribution in [3.8, 4) is 0 Å². The first-order valence-corrected chi connectivity index (χ1v) is 8.92. The van der Waals surface area contributed by atoms with Crippen LogP contribution in [-0.4, -0.2) is 50.8 Å². The van der Waals surface area contributed by atoms with E-state index in [2.05, 4.69) is 37.9 Å². The van der Waals surface area contributed by atoms with Gasteiger partial charge in [0.2, 0.25) is 0 Å². The monoisotopic (exact) mass is 296 g/mol. The van der Waals surface area contributed by atoms with Gasteiger partial charge in [0.15, 0.2) is 0 Å². The van der Waals surface area contributed by atoms with Crippen LogP contribution in [0.3, 0.4) is 0 Å². The molecule has 21 heavy (non-hydrogen) atoms. The van der Waals surface area contributed by atoms with E-state index in [4.69, 9.17) is 4.74 Å². The normalized spacial score (nSPS) is 30.7. The molecule has 3 heteroatoms. The van der Waals surface area contributed by atoms with Gasteiger partial charge in [0, 0.05) is 25.1 Å². The fraction of sp³-hybridized carbons (Fsp3) is 1.00. The van der Waals surface area contributed by atoms with Gasteiger partial charge in [-0.05, 0) is 56.7 Å². The number of nitrogens with one attached hydrogen (secondary N) is 1. The summed E-state index contributed by atoms with van der Waals surface area (Å²) in [5.74, 6) is 0.725. The molecular weight excluding hydrogens is 260 g/mol. The van der Waals surface area contributed by atoms with E-state index in [-0.39, 0.29) is 0 Å². The van der Waals surface area contributed by atoms with Crippen molar-refractivity contribution >= 4 is 0 Å². The molecule has 0 saturated carbocycles. The van der Waals surface area contributed by atoms with Gasteiger partial charge < -0.3 is 15.0 Å². The highest BCUT2D eigenvalue weighted by molar-refractivity contribution is 4.90. The van der Waals surface area contributed by atoms with Crippen molar-refractivity contribution in [1.29, 1.82) is 0 Å². The summed E-state index contributed by atoms with van der Waals surface area (Å²) in [6, 6.07) is 0. The Morgan fingerprint density at radius 3 is 2.62 bits per heavy atom. The molecule has 2 heterocycles. The third-order valence-electron chi connectivity index (χ3n) is 5.23. The van der Waals surface area contributed by atoms with Gasteiger partial charge in [-0.15, -0.1) is 0 Å². The van der Waals surface area contributed by atoms with Crippen LogP contribution < -0.4 is 5.32 Å². The molecule has 3 nitrogen and oxygen atoms in total. The lowest BCUT2D eigenvalue weighted by Crippen LogP contribution is -2.45. The molecule has 1 unspecified atom stereocenters. The molecule has 2 fully saturated rings. The molecule has 0 spiro atoms. The minimum atomic E-state index is 0.351. The predicted octanol–water partition coefficient (Wildman–Crippen LogP) is 3.15. The number of nitrogens with zero attached hydrogens (tertiary/aromatic N) is 1. The summed E-state index contributed by atoms with van der Waals surface area (Å²) < 4.78 is 5.77. The minimum Gasteiger partial charge on any atom is -0.381 e. The molecule has 124 valence electrons. The highest BCUT2D eigenvalue weighted by Crippen LogP contribution is 2.33. The van der Waals surface area contributed by atoms with Gasteiger partial charge in [-0.25, -0.2) is 0 Å². The molecule has 0 aromatic rings. The summed E-state index contributed by atoms with van der Waals surface area (Å²) in [6.45, 7) is 17.3. The van der Waals surface area contributed by atoms with Crippen molar-refractivity contribution in [3.05, 3.63) is 0 Å². The number of likely N-dealkylation sites (tertiary alicyclic amines) is 1. The summed E-state index contributed by atoms with van der Waals surface area (Å²) in [4.78, 5) is 2.71. The zero-order valence-electron chi connectivity index (χ0n) is 14.7. The van der Waals surface area contributed by atoms with Crippen molar-refractivity contribution in [2.75, 3.05) is 45.9 Å². The third-order valence-corrected chi connectivity index (χ3v) is 5.23. The number of ether oxygens (including phenoxy) is 1. The molecule has 2 rings (SSSR count). The predicted molar refractivity (Wildman–Crippen MR) is 89.6 cm³/mol. The first-order valence-electron chi connectivity index (χ1n) is 8.92. The van der Waals surface area contributed by atoms with Crippen LogP contribution in [0.25, 0.3) is 0 Å². The molecule has 0 amide bonds. The number of hydrogen-bond donors (Lipinski definition) is 1. The van der Waals surface area contributed by atoms with Gasteiger partial charge in [0.1, 0.15) is 0 Å². The van der Waals surface area contributed by atoms with Crippen LogP contribution in [0.2, 0.25) is 0 Å². The maximum Gasteiger partial charge on any atom is 0.0547 e. The fourth-order valence-electron chi connectivity index (χ4n) is 3.71. The van der Waals surface area contributed by atoms with Crippen LogP contribution in [0.1, 0.15) is 53.4 Å². The molecule has 2 aliphatic rings. The third kappa shape index (κ3) is 5.54. The van der Waals surface area contributed by atoms with Crippen LogP contribution in [0, 0.1) is 16.7 Å². The fourth-order valence-corrected chi connectivity index (χ4v) is 3.71. The van der Waals surface area contributed by atoms with Crippen molar-refractivity contribution in [3.63, 3.8) is 0 Å². The maximum absolute atomic E-state index is 5.77. The van der Waals surface area contributed by atoms with Crippen LogP contribution >= 0.6 is 0 Å². The van der Waals surface area contributed by atoms with Gasteiger partial charge >= 0.3 is 0 Å². The largest absolute Gasteiger partial charge is 0.381 e. The first-order chi connectivity index (χ1) is 9.91. The SMILES string of the molecule is CC(C)CNCC1(CN2CCCC(C)(C)CC2)CCOC1. The molecular formula is C18H36N2O. The summed E-state index contributed by atoms with van der Waals surface area (Å²) in [6.07, 6.45) is 5.28. The average Bonchev–Trinajstić information content (AvgIpc) is 2.77. The molecule has 2 aliphatic heterocycles. The Bertz CT molecular complexity index is 308. The Balaban J connectivity index is 1.87. The summed E-state index contributed by atoms with van der Waals surface area (Å²) >= 11 is 0. The molecule has 0 aliphatic carbocycles. The molecule has 2 saturated heterocycles. The lowest BCUT2D eigenvalue weighted by molar-refractivity contribution is 0.107. The molecule has 0 radical (unpaired) electrons. The highest BCUT2D eigenvalue weighted by Gasteiger charge is 2.37. The van der Waals surface area contributed by atoms with Gasteiger partial charge in [-0.3, -0.25) is 0 Å². The van der Waals surface area contributed by atoms with Gasteiger partial charge in [0.05, 0.1) is 6.61 Å². The second kappa shape index (κ2) is 7.43. The van der Waals surface area contributed by atoms with E-state index in [9.17, 15) is 0 Å². The summed E-state index contributed by atoms with van der Waals surface area (Å²) in [7, 11) is 0. The van der Waals surface area contributed by atoms with Gasteiger partial charge in [-0.1, -0.05) is 27.7 Å². The van der Waals surface area contributed by atoms with E-state index in [1.807, 2.05) is 0 Å². The van der Waals surface area contributed by atoms with E-state index in [1.54, 1.807) is 0 Å². The lowest BCUT2D eigenvalue weighted by atomic mass is 9.85.